The van der Waals surface area contributed by atoms with Crippen LogP contribution in [0.5, 0.6) is 0 Å². The fourth-order valence-corrected chi connectivity index (χ4v) is 4.67. The van der Waals surface area contributed by atoms with Crippen molar-refractivity contribution in [3.8, 4) is 0 Å². The van der Waals surface area contributed by atoms with E-state index in [0.717, 1.165) is 37.5 Å². The number of piperidine rings is 1. The molecule has 1 aliphatic heterocycles. The van der Waals surface area contributed by atoms with E-state index in [-0.39, 0.29) is 5.97 Å². The zero-order chi connectivity index (χ0) is 22.4. The lowest BCUT2D eigenvalue weighted by atomic mass is 9.94. The van der Waals surface area contributed by atoms with Crippen LogP contribution in [0, 0.1) is 5.92 Å². The summed E-state index contributed by atoms with van der Waals surface area (Å²) in [6.45, 7) is 6.33. The molecule has 0 spiro atoms. The number of unbranched alkanes of at least 4 members (excludes halogenated alkanes) is 11. The third kappa shape index (κ3) is 17.7. The average molecular weight is 454 g/mol. The zero-order valence-corrected chi connectivity index (χ0v) is 21.4. The maximum atomic E-state index is 11.9. The van der Waals surface area contributed by atoms with Crippen molar-refractivity contribution in [1.29, 1.82) is 0 Å². The minimum Gasteiger partial charge on any atom is -0.466 e. The van der Waals surface area contributed by atoms with Crippen molar-refractivity contribution in [2.75, 3.05) is 32.0 Å². The fraction of sp³-hybridized carbons (Fsp3) is 0.889. The third-order valence-corrected chi connectivity index (χ3v) is 6.76. The molecular weight excluding hydrogens is 402 g/mol. The Morgan fingerprint density at radius 1 is 0.903 bits per heavy atom. The van der Waals surface area contributed by atoms with Crippen LogP contribution in [0.15, 0.2) is 12.2 Å². The van der Waals surface area contributed by atoms with E-state index < -0.39 is 0 Å². The Morgan fingerprint density at radius 2 is 1.48 bits per heavy atom. The van der Waals surface area contributed by atoms with Gasteiger partial charge in [-0.05, 0) is 70.4 Å². The predicted octanol–water partition coefficient (Wildman–Crippen LogP) is 7.60. The first kappa shape index (κ1) is 28.6. The SMILES string of the molecule is CCCCCCCC/C=C\CCCCCCCC(=O)OCCC1CCN(CCS)CC1. The summed E-state index contributed by atoms with van der Waals surface area (Å²) in [6, 6.07) is 0. The van der Waals surface area contributed by atoms with Crippen molar-refractivity contribution in [2.24, 2.45) is 5.92 Å². The van der Waals surface area contributed by atoms with Crippen molar-refractivity contribution in [3.05, 3.63) is 12.2 Å². The van der Waals surface area contributed by atoms with Crippen molar-refractivity contribution in [2.45, 2.75) is 116 Å². The zero-order valence-electron chi connectivity index (χ0n) is 20.5. The molecule has 0 aromatic carbocycles. The Hall–Kier alpha value is -0.480. The van der Waals surface area contributed by atoms with Crippen molar-refractivity contribution < 1.29 is 9.53 Å². The van der Waals surface area contributed by atoms with Gasteiger partial charge in [0.15, 0.2) is 0 Å². The van der Waals surface area contributed by atoms with Gasteiger partial charge in [0.2, 0.25) is 0 Å². The van der Waals surface area contributed by atoms with E-state index in [1.807, 2.05) is 0 Å². The van der Waals surface area contributed by atoms with Crippen molar-refractivity contribution in [1.82, 2.24) is 4.90 Å². The molecule has 31 heavy (non-hydrogen) atoms. The molecule has 1 rings (SSSR count). The highest BCUT2D eigenvalue weighted by molar-refractivity contribution is 7.80. The monoisotopic (exact) mass is 453 g/mol. The van der Waals surface area contributed by atoms with Gasteiger partial charge in [-0.2, -0.15) is 12.6 Å². The number of carbonyl (C=O) groups is 1. The molecule has 1 saturated heterocycles. The van der Waals surface area contributed by atoms with Gasteiger partial charge < -0.3 is 9.64 Å². The number of rotatable bonds is 20. The highest BCUT2D eigenvalue weighted by Crippen LogP contribution is 2.20. The van der Waals surface area contributed by atoms with Crippen LogP contribution in [0.2, 0.25) is 0 Å². The molecule has 3 nitrogen and oxygen atoms in total. The van der Waals surface area contributed by atoms with Crippen LogP contribution >= 0.6 is 12.6 Å². The third-order valence-electron chi connectivity index (χ3n) is 6.56. The van der Waals surface area contributed by atoms with E-state index in [4.69, 9.17) is 4.74 Å². The molecule has 182 valence electrons. The van der Waals surface area contributed by atoms with Gasteiger partial charge in [0, 0.05) is 18.7 Å². The number of hydrogen-bond acceptors (Lipinski definition) is 4. The van der Waals surface area contributed by atoms with Gasteiger partial charge >= 0.3 is 5.97 Å². The van der Waals surface area contributed by atoms with E-state index >= 15 is 0 Å². The standard InChI is InChI=1S/C27H51NO2S/c1-2-3-4-5-6-7-8-9-10-11-12-13-14-15-16-17-27(29)30-24-20-26-18-21-28(22-19-26)23-25-31/h9-10,26,31H,2-8,11-25H2,1H3/b10-9-. The molecule has 1 aliphatic rings. The molecule has 1 fully saturated rings. The summed E-state index contributed by atoms with van der Waals surface area (Å²) < 4.78 is 5.46. The molecule has 0 bridgehead atoms. The fourth-order valence-electron chi connectivity index (χ4n) is 4.39. The molecule has 0 aliphatic carbocycles. The predicted molar refractivity (Wildman–Crippen MR) is 138 cm³/mol. The second-order valence-electron chi connectivity index (χ2n) is 9.35. The van der Waals surface area contributed by atoms with Crippen LogP contribution in [0.3, 0.4) is 0 Å². The number of likely N-dealkylation sites (tertiary alicyclic amines) is 1. The lowest BCUT2D eigenvalue weighted by Crippen LogP contribution is -2.35. The lowest BCUT2D eigenvalue weighted by molar-refractivity contribution is -0.144. The Morgan fingerprint density at radius 3 is 2.10 bits per heavy atom. The normalized spacial score (nSPS) is 15.7. The molecular formula is C27H51NO2S. The van der Waals surface area contributed by atoms with E-state index in [9.17, 15) is 4.79 Å². The van der Waals surface area contributed by atoms with Gasteiger partial charge in [-0.1, -0.05) is 70.4 Å². The molecule has 0 amide bonds. The Kier molecular flexibility index (Phi) is 19.7. The number of carbonyl (C=O) groups excluding carboxylic acids is 1. The van der Waals surface area contributed by atoms with Crippen LogP contribution in [-0.2, 0) is 9.53 Å². The topological polar surface area (TPSA) is 29.5 Å². The Labute approximate surface area is 199 Å². The summed E-state index contributed by atoms with van der Waals surface area (Å²) in [6.07, 6.45) is 25.5. The maximum absolute atomic E-state index is 11.9. The minimum atomic E-state index is 0.00476. The van der Waals surface area contributed by atoms with Crippen molar-refractivity contribution >= 4 is 18.6 Å². The van der Waals surface area contributed by atoms with Gasteiger partial charge in [-0.3, -0.25) is 4.79 Å². The first-order valence-electron chi connectivity index (χ1n) is 13.4. The van der Waals surface area contributed by atoms with Crippen LogP contribution in [-0.4, -0.2) is 42.9 Å². The molecule has 0 aromatic heterocycles. The first-order chi connectivity index (χ1) is 15.3. The van der Waals surface area contributed by atoms with Gasteiger partial charge in [0.05, 0.1) is 6.61 Å². The lowest BCUT2D eigenvalue weighted by Gasteiger charge is -2.31. The summed E-state index contributed by atoms with van der Waals surface area (Å²) in [7, 11) is 0. The number of thiol groups is 1. The Balaban J connectivity index is 1.81. The minimum absolute atomic E-state index is 0.00476. The Bertz CT molecular complexity index is 433. The maximum Gasteiger partial charge on any atom is 0.305 e. The summed E-state index contributed by atoms with van der Waals surface area (Å²) in [5, 5.41) is 0. The largest absolute Gasteiger partial charge is 0.466 e. The van der Waals surface area contributed by atoms with Crippen LogP contribution in [0.4, 0.5) is 0 Å². The van der Waals surface area contributed by atoms with Crippen LogP contribution in [0.1, 0.15) is 116 Å². The summed E-state index contributed by atoms with van der Waals surface area (Å²) in [4.78, 5) is 14.4. The van der Waals surface area contributed by atoms with E-state index in [1.54, 1.807) is 0 Å². The summed E-state index contributed by atoms with van der Waals surface area (Å²) in [5.41, 5.74) is 0. The highest BCUT2D eigenvalue weighted by Gasteiger charge is 2.18. The number of hydrogen-bond donors (Lipinski definition) is 1. The number of esters is 1. The van der Waals surface area contributed by atoms with Gasteiger partial charge in [0.25, 0.3) is 0 Å². The van der Waals surface area contributed by atoms with E-state index in [2.05, 4.69) is 36.6 Å². The van der Waals surface area contributed by atoms with Gasteiger partial charge in [0.1, 0.15) is 0 Å². The van der Waals surface area contributed by atoms with E-state index in [1.165, 1.54) is 96.6 Å². The molecule has 0 radical (unpaired) electrons. The number of allylic oxidation sites excluding steroid dienone is 2. The molecule has 0 N–H and O–H groups in total. The highest BCUT2D eigenvalue weighted by atomic mass is 32.1. The van der Waals surface area contributed by atoms with E-state index in [0.29, 0.717) is 13.0 Å². The molecule has 0 aromatic rings. The molecule has 0 atom stereocenters. The van der Waals surface area contributed by atoms with Gasteiger partial charge in [-0.25, -0.2) is 0 Å². The second kappa shape index (κ2) is 21.4. The van der Waals surface area contributed by atoms with Crippen LogP contribution in [0.25, 0.3) is 0 Å². The first-order valence-corrected chi connectivity index (χ1v) is 14.0. The number of ether oxygens (including phenoxy) is 1. The number of nitrogens with zero attached hydrogens (tertiary/aromatic N) is 1. The summed E-state index contributed by atoms with van der Waals surface area (Å²) in [5.74, 6) is 1.67. The molecule has 0 saturated carbocycles. The van der Waals surface area contributed by atoms with Crippen molar-refractivity contribution in [3.63, 3.8) is 0 Å². The van der Waals surface area contributed by atoms with Gasteiger partial charge in [-0.15, -0.1) is 0 Å². The molecule has 4 heteroatoms. The molecule has 0 unspecified atom stereocenters. The second-order valence-corrected chi connectivity index (χ2v) is 9.80. The molecule has 1 heterocycles. The van der Waals surface area contributed by atoms with Crippen LogP contribution < -0.4 is 0 Å². The summed E-state index contributed by atoms with van der Waals surface area (Å²) >= 11 is 4.31. The average Bonchev–Trinajstić information content (AvgIpc) is 2.78. The quantitative estimate of drug-likeness (QED) is 0.0890. The smallest absolute Gasteiger partial charge is 0.305 e.